The highest BCUT2D eigenvalue weighted by Crippen LogP contribution is 2.50. The standard InChI is InChI=1S/C35H38N2O4/c1-35(2,3)25-15-12-21(13-16-25)24-18-27-32(29(38)19-24)33(23-14-17-30(40-4)31(20-23)41-5)37(34(39)22-10-11-22)28-9-7-6-8-26(28)36-27/h6-9,12-17,20,22,24,33,36H,10-11,18-19H2,1-5H3/t24-,33-/m0/s1. The van der Waals surface area contributed by atoms with Crippen molar-refractivity contribution < 1.29 is 19.1 Å². The van der Waals surface area contributed by atoms with Gasteiger partial charge in [-0.2, -0.15) is 0 Å². The number of methoxy groups -OCH3 is 2. The molecule has 0 radical (unpaired) electrons. The van der Waals surface area contributed by atoms with Crippen LogP contribution in [-0.2, 0) is 15.0 Å². The van der Waals surface area contributed by atoms with Crippen LogP contribution >= 0.6 is 0 Å². The SMILES string of the molecule is COc1ccc([C@H]2C3=C(C[C@H](c4ccc(C(C)(C)C)cc4)CC3=O)Nc3ccccc3N2C(=O)C2CC2)cc1OC. The van der Waals surface area contributed by atoms with E-state index in [1.807, 2.05) is 47.4 Å². The number of hydrogen-bond donors (Lipinski definition) is 1. The second-order valence-corrected chi connectivity index (χ2v) is 12.4. The van der Waals surface area contributed by atoms with Crippen LogP contribution in [0.2, 0.25) is 0 Å². The van der Waals surface area contributed by atoms with Gasteiger partial charge in [0.25, 0.3) is 0 Å². The van der Waals surface area contributed by atoms with E-state index in [1.54, 1.807) is 14.2 Å². The van der Waals surface area contributed by atoms with Gasteiger partial charge in [-0.3, -0.25) is 14.5 Å². The first-order valence-electron chi connectivity index (χ1n) is 14.5. The molecule has 0 spiro atoms. The number of amides is 1. The zero-order valence-electron chi connectivity index (χ0n) is 24.5. The minimum atomic E-state index is -0.578. The molecule has 6 nitrogen and oxygen atoms in total. The third kappa shape index (κ3) is 5.01. The van der Waals surface area contributed by atoms with E-state index in [-0.39, 0.29) is 28.9 Å². The van der Waals surface area contributed by atoms with Crippen LogP contribution in [0.1, 0.15) is 75.1 Å². The van der Waals surface area contributed by atoms with Crippen molar-refractivity contribution in [3.8, 4) is 11.5 Å². The maximum Gasteiger partial charge on any atom is 0.231 e. The van der Waals surface area contributed by atoms with E-state index in [9.17, 15) is 9.59 Å². The molecule has 1 N–H and O–H groups in total. The summed E-state index contributed by atoms with van der Waals surface area (Å²) >= 11 is 0. The van der Waals surface area contributed by atoms with Gasteiger partial charge in [0.1, 0.15) is 0 Å². The maximum absolute atomic E-state index is 14.3. The number of hydrogen-bond acceptors (Lipinski definition) is 5. The van der Waals surface area contributed by atoms with Crippen molar-refractivity contribution >= 4 is 23.1 Å². The molecule has 1 fully saturated rings. The van der Waals surface area contributed by atoms with E-state index in [0.717, 1.165) is 41.0 Å². The van der Waals surface area contributed by atoms with Crippen LogP contribution in [0, 0.1) is 5.92 Å². The Morgan fingerprint density at radius 1 is 0.878 bits per heavy atom. The summed E-state index contributed by atoms with van der Waals surface area (Å²) < 4.78 is 11.2. The Balaban J connectivity index is 1.50. The molecule has 3 aliphatic rings. The minimum Gasteiger partial charge on any atom is -0.493 e. The molecule has 0 unspecified atom stereocenters. The van der Waals surface area contributed by atoms with Gasteiger partial charge in [0.05, 0.1) is 31.6 Å². The van der Waals surface area contributed by atoms with E-state index in [4.69, 9.17) is 9.47 Å². The topological polar surface area (TPSA) is 67.9 Å². The number of ketones is 1. The first kappa shape index (κ1) is 27.1. The third-order valence-corrected chi connectivity index (χ3v) is 8.62. The minimum absolute atomic E-state index is 0.0272. The Hall–Kier alpha value is -4.06. The number of fused-ring (bicyclic) bond motifs is 1. The molecule has 0 aromatic heterocycles. The number of benzene rings is 3. The summed E-state index contributed by atoms with van der Waals surface area (Å²) in [4.78, 5) is 30.2. The van der Waals surface area contributed by atoms with Crippen LogP contribution in [0.3, 0.4) is 0 Å². The molecule has 6 rings (SSSR count). The second-order valence-electron chi connectivity index (χ2n) is 12.4. The number of allylic oxidation sites excluding steroid dienone is 1. The van der Waals surface area contributed by atoms with E-state index in [0.29, 0.717) is 29.9 Å². The number of nitrogens with one attached hydrogen (secondary N) is 1. The number of para-hydroxylation sites is 2. The first-order valence-corrected chi connectivity index (χ1v) is 14.5. The van der Waals surface area contributed by atoms with Crippen molar-refractivity contribution in [3.63, 3.8) is 0 Å². The summed E-state index contributed by atoms with van der Waals surface area (Å²) in [5.41, 5.74) is 6.48. The zero-order valence-corrected chi connectivity index (χ0v) is 24.5. The Kier molecular flexibility index (Phi) is 6.88. The second kappa shape index (κ2) is 10.4. The quantitative estimate of drug-likeness (QED) is 0.361. The number of ether oxygens (including phenoxy) is 2. The smallest absolute Gasteiger partial charge is 0.231 e. The molecule has 1 saturated carbocycles. The fourth-order valence-electron chi connectivity index (χ4n) is 6.19. The van der Waals surface area contributed by atoms with Gasteiger partial charge >= 0.3 is 0 Å². The largest absolute Gasteiger partial charge is 0.493 e. The van der Waals surface area contributed by atoms with Crippen molar-refractivity contribution in [2.24, 2.45) is 5.92 Å². The monoisotopic (exact) mass is 550 g/mol. The molecular formula is C35H38N2O4. The Bertz CT molecular complexity index is 1530. The predicted molar refractivity (Wildman–Crippen MR) is 162 cm³/mol. The highest BCUT2D eigenvalue weighted by atomic mass is 16.5. The predicted octanol–water partition coefficient (Wildman–Crippen LogP) is 7.31. The van der Waals surface area contributed by atoms with Crippen LogP contribution in [0.25, 0.3) is 0 Å². The molecule has 3 aromatic rings. The lowest BCUT2D eigenvalue weighted by Gasteiger charge is -2.35. The van der Waals surface area contributed by atoms with E-state index < -0.39 is 6.04 Å². The van der Waals surface area contributed by atoms with Crippen molar-refractivity contribution in [1.82, 2.24) is 0 Å². The van der Waals surface area contributed by atoms with Gasteiger partial charge in [-0.05, 0) is 71.6 Å². The Labute approximate surface area is 242 Å². The van der Waals surface area contributed by atoms with Crippen LogP contribution in [0.4, 0.5) is 11.4 Å². The van der Waals surface area contributed by atoms with Crippen molar-refractivity contribution in [2.45, 2.75) is 63.8 Å². The normalized spacial score (nSPS) is 20.5. The summed E-state index contributed by atoms with van der Waals surface area (Å²) in [5.74, 6) is 1.31. The zero-order chi connectivity index (χ0) is 28.9. The fourth-order valence-corrected chi connectivity index (χ4v) is 6.19. The number of nitrogens with zero attached hydrogens (tertiary/aromatic N) is 1. The molecule has 212 valence electrons. The van der Waals surface area contributed by atoms with Crippen LogP contribution in [0.15, 0.2) is 78.0 Å². The Morgan fingerprint density at radius 3 is 2.22 bits per heavy atom. The summed E-state index contributed by atoms with van der Waals surface area (Å²) in [6.45, 7) is 6.62. The number of anilines is 2. The van der Waals surface area contributed by atoms with Crippen molar-refractivity contribution in [1.29, 1.82) is 0 Å². The lowest BCUT2D eigenvalue weighted by atomic mass is 9.77. The fraction of sp³-hybridized carbons (Fsp3) is 0.371. The van der Waals surface area contributed by atoms with Gasteiger partial charge < -0.3 is 14.8 Å². The number of Topliss-reactive ketones (excluding diaryl/α,β-unsaturated/α-hetero) is 1. The molecule has 41 heavy (non-hydrogen) atoms. The summed E-state index contributed by atoms with van der Waals surface area (Å²) in [6, 6.07) is 21.7. The van der Waals surface area contributed by atoms with Crippen molar-refractivity contribution in [3.05, 3.63) is 94.7 Å². The van der Waals surface area contributed by atoms with Gasteiger partial charge in [-0.1, -0.05) is 63.2 Å². The summed E-state index contributed by atoms with van der Waals surface area (Å²) in [5, 5.41) is 3.63. The molecule has 1 aliphatic heterocycles. The lowest BCUT2D eigenvalue weighted by molar-refractivity contribution is -0.120. The Morgan fingerprint density at radius 2 is 1.56 bits per heavy atom. The number of rotatable bonds is 5. The van der Waals surface area contributed by atoms with E-state index in [2.05, 4.69) is 50.4 Å². The van der Waals surface area contributed by atoms with Gasteiger partial charge in [0.2, 0.25) is 5.91 Å². The molecule has 2 atom stereocenters. The van der Waals surface area contributed by atoms with Gasteiger partial charge in [-0.25, -0.2) is 0 Å². The molecule has 2 aliphatic carbocycles. The average Bonchev–Trinajstić information content (AvgIpc) is 3.82. The lowest BCUT2D eigenvalue weighted by Crippen LogP contribution is -2.39. The van der Waals surface area contributed by atoms with E-state index in [1.165, 1.54) is 5.56 Å². The highest BCUT2D eigenvalue weighted by molar-refractivity contribution is 6.07. The maximum atomic E-state index is 14.3. The van der Waals surface area contributed by atoms with Crippen LogP contribution in [-0.4, -0.2) is 25.9 Å². The average molecular weight is 551 g/mol. The highest BCUT2D eigenvalue weighted by Gasteiger charge is 2.45. The number of carbonyl (C=O) groups is 2. The molecular weight excluding hydrogens is 512 g/mol. The molecule has 3 aromatic carbocycles. The molecule has 0 bridgehead atoms. The van der Waals surface area contributed by atoms with Gasteiger partial charge in [-0.15, -0.1) is 0 Å². The van der Waals surface area contributed by atoms with Crippen LogP contribution in [0.5, 0.6) is 11.5 Å². The summed E-state index contributed by atoms with van der Waals surface area (Å²) in [7, 11) is 3.20. The molecule has 0 saturated heterocycles. The molecule has 1 amide bonds. The first-order chi connectivity index (χ1) is 19.7. The van der Waals surface area contributed by atoms with Gasteiger partial charge in [0.15, 0.2) is 17.3 Å². The van der Waals surface area contributed by atoms with Gasteiger partial charge in [0, 0.05) is 23.6 Å². The number of carbonyl (C=O) groups excluding carboxylic acids is 2. The molecule has 1 heterocycles. The van der Waals surface area contributed by atoms with Crippen LogP contribution < -0.4 is 19.7 Å². The third-order valence-electron chi connectivity index (χ3n) is 8.62. The molecule has 6 heteroatoms. The van der Waals surface area contributed by atoms with Crippen molar-refractivity contribution in [2.75, 3.05) is 24.4 Å². The summed E-state index contributed by atoms with van der Waals surface area (Å²) in [6.07, 6.45) is 2.81. The van der Waals surface area contributed by atoms with E-state index >= 15 is 0 Å².